The maximum Gasteiger partial charge on any atom is 0.172 e. The Morgan fingerprint density at radius 1 is 1.15 bits per heavy atom. The van der Waals surface area contributed by atoms with Gasteiger partial charge in [-0.05, 0) is 35.3 Å². The highest BCUT2D eigenvalue weighted by atomic mass is 28.3. The topological polar surface area (TPSA) is 38.7 Å². The van der Waals surface area contributed by atoms with Crippen LogP contribution in [0, 0.1) is 17.3 Å². The zero-order chi connectivity index (χ0) is 18.9. The molecule has 3 rings (SSSR count). The Balaban J connectivity index is 2.20. The molecule has 138 valence electrons. The monoisotopic (exact) mass is 368 g/mol. The lowest BCUT2D eigenvalue weighted by Crippen LogP contribution is -2.48. The SMILES string of the molecule is C[SiH](C)OC(c1c(C#CC2(O)COC2)ccc2ccccc12)C(C)(C)C. The zero-order valence-electron chi connectivity index (χ0n) is 16.3. The molecular formula is C22H28O3Si. The minimum atomic E-state index is -1.26. The van der Waals surface area contributed by atoms with Gasteiger partial charge in [-0.15, -0.1) is 0 Å². The van der Waals surface area contributed by atoms with Crippen LogP contribution in [0.2, 0.25) is 13.1 Å². The first-order chi connectivity index (χ1) is 12.2. The molecule has 0 amide bonds. The van der Waals surface area contributed by atoms with Crippen molar-refractivity contribution >= 4 is 19.8 Å². The van der Waals surface area contributed by atoms with Gasteiger partial charge in [-0.2, -0.15) is 0 Å². The van der Waals surface area contributed by atoms with Crippen molar-refractivity contribution in [1.29, 1.82) is 0 Å². The van der Waals surface area contributed by atoms with E-state index < -0.39 is 14.6 Å². The van der Waals surface area contributed by atoms with Gasteiger partial charge in [-0.3, -0.25) is 0 Å². The standard InChI is InChI=1S/C22H28O3Si/c1-21(2,3)20(25-26(4)5)19-17(12-13-22(23)14-24-15-22)11-10-16-8-6-7-9-18(16)19/h6-11,20,23,26H,14-15H2,1-5H3. The summed E-state index contributed by atoms with van der Waals surface area (Å²) in [6.45, 7) is 11.6. The first kappa shape index (κ1) is 19.1. The lowest BCUT2D eigenvalue weighted by Gasteiger charge is -2.35. The number of aliphatic hydroxyl groups is 1. The molecule has 2 aromatic carbocycles. The highest BCUT2D eigenvalue weighted by molar-refractivity contribution is 6.48. The highest BCUT2D eigenvalue weighted by Crippen LogP contribution is 2.41. The van der Waals surface area contributed by atoms with Crippen molar-refractivity contribution in [2.24, 2.45) is 5.41 Å². The Labute approximate surface area is 158 Å². The first-order valence-corrected chi connectivity index (χ1v) is 12.0. The molecule has 1 atom stereocenters. The van der Waals surface area contributed by atoms with Gasteiger partial charge >= 0.3 is 0 Å². The van der Waals surface area contributed by atoms with Crippen LogP contribution in [0.4, 0.5) is 0 Å². The highest BCUT2D eigenvalue weighted by Gasteiger charge is 2.34. The third kappa shape index (κ3) is 4.02. The van der Waals surface area contributed by atoms with E-state index in [4.69, 9.17) is 9.16 Å². The molecule has 1 saturated heterocycles. The molecule has 0 spiro atoms. The average Bonchev–Trinajstić information content (AvgIpc) is 2.54. The van der Waals surface area contributed by atoms with Crippen LogP contribution in [0.1, 0.15) is 38.0 Å². The van der Waals surface area contributed by atoms with E-state index in [0.29, 0.717) is 0 Å². The minimum absolute atomic E-state index is 0.0446. The van der Waals surface area contributed by atoms with Gasteiger partial charge in [0, 0.05) is 11.1 Å². The molecule has 0 aromatic heterocycles. The Hall–Kier alpha value is -1.64. The molecule has 26 heavy (non-hydrogen) atoms. The second-order valence-electron chi connectivity index (χ2n) is 8.45. The van der Waals surface area contributed by atoms with Crippen molar-refractivity contribution in [3.05, 3.63) is 47.5 Å². The second-order valence-corrected chi connectivity index (χ2v) is 10.8. The molecule has 2 aromatic rings. The van der Waals surface area contributed by atoms with E-state index in [1.54, 1.807) is 0 Å². The van der Waals surface area contributed by atoms with Gasteiger partial charge < -0.3 is 14.3 Å². The molecular weight excluding hydrogens is 340 g/mol. The largest absolute Gasteiger partial charge is 0.413 e. The molecule has 0 radical (unpaired) electrons. The Morgan fingerprint density at radius 2 is 1.85 bits per heavy atom. The molecule has 4 heteroatoms. The Morgan fingerprint density at radius 3 is 2.42 bits per heavy atom. The number of rotatable bonds is 3. The van der Waals surface area contributed by atoms with Gasteiger partial charge in [0.2, 0.25) is 0 Å². The smallest absolute Gasteiger partial charge is 0.172 e. The van der Waals surface area contributed by atoms with Gasteiger partial charge in [0.25, 0.3) is 0 Å². The van der Waals surface area contributed by atoms with Crippen molar-refractivity contribution in [3.8, 4) is 11.8 Å². The van der Waals surface area contributed by atoms with Crippen molar-refractivity contribution in [2.45, 2.75) is 45.6 Å². The van der Waals surface area contributed by atoms with E-state index in [2.05, 4.69) is 82.1 Å². The predicted molar refractivity (Wildman–Crippen MR) is 109 cm³/mol. The zero-order valence-corrected chi connectivity index (χ0v) is 17.5. The molecule has 1 aliphatic rings. The number of hydrogen-bond donors (Lipinski definition) is 1. The van der Waals surface area contributed by atoms with Crippen molar-refractivity contribution in [2.75, 3.05) is 13.2 Å². The van der Waals surface area contributed by atoms with E-state index in [9.17, 15) is 5.11 Å². The van der Waals surface area contributed by atoms with Gasteiger partial charge in [0.05, 0.1) is 19.3 Å². The minimum Gasteiger partial charge on any atom is -0.413 e. The molecule has 1 fully saturated rings. The number of fused-ring (bicyclic) bond motifs is 1. The molecule has 0 aliphatic carbocycles. The normalized spacial score (nSPS) is 17.5. The van der Waals surface area contributed by atoms with E-state index >= 15 is 0 Å². The van der Waals surface area contributed by atoms with Gasteiger partial charge in [-0.25, -0.2) is 0 Å². The Kier molecular flexibility index (Phi) is 5.27. The maximum absolute atomic E-state index is 10.3. The van der Waals surface area contributed by atoms with Gasteiger partial charge in [0.1, 0.15) is 0 Å². The molecule has 1 heterocycles. The van der Waals surface area contributed by atoms with Crippen LogP contribution in [0.25, 0.3) is 10.8 Å². The summed E-state index contributed by atoms with van der Waals surface area (Å²) >= 11 is 0. The molecule has 1 aliphatic heterocycles. The van der Waals surface area contributed by atoms with E-state index in [1.165, 1.54) is 10.8 Å². The number of hydrogen-bond acceptors (Lipinski definition) is 3. The summed E-state index contributed by atoms with van der Waals surface area (Å²) in [6, 6.07) is 12.5. The third-order valence-electron chi connectivity index (χ3n) is 4.54. The van der Waals surface area contributed by atoms with E-state index in [0.717, 1.165) is 11.1 Å². The van der Waals surface area contributed by atoms with Crippen LogP contribution in [0.15, 0.2) is 36.4 Å². The van der Waals surface area contributed by atoms with Crippen molar-refractivity contribution in [3.63, 3.8) is 0 Å². The van der Waals surface area contributed by atoms with Gasteiger partial charge in [0.15, 0.2) is 14.6 Å². The fourth-order valence-corrected chi connectivity index (χ4v) is 4.30. The quantitative estimate of drug-likeness (QED) is 0.656. The number of benzene rings is 2. The van der Waals surface area contributed by atoms with E-state index in [-0.39, 0.29) is 24.7 Å². The first-order valence-electron chi connectivity index (χ1n) is 9.20. The molecule has 0 saturated carbocycles. The van der Waals surface area contributed by atoms with Crippen molar-refractivity contribution in [1.82, 2.24) is 0 Å². The van der Waals surface area contributed by atoms with Crippen LogP contribution in [0.3, 0.4) is 0 Å². The van der Waals surface area contributed by atoms with Crippen LogP contribution in [-0.4, -0.2) is 33.0 Å². The molecule has 1 N–H and O–H groups in total. The second kappa shape index (κ2) is 7.17. The molecule has 3 nitrogen and oxygen atoms in total. The summed E-state index contributed by atoms with van der Waals surface area (Å²) in [6.07, 6.45) is -0.0446. The summed E-state index contributed by atoms with van der Waals surface area (Å²) in [5.74, 6) is 6.24. The summed E-state index contributed by atoms with van der Waals surface area (Å²) in [7, 11) is -1.26. The summed E-state index contributed by atoms with van der Waals surface area (Å²) in [5, 5.41) is 12.7. The van der Waals surface area contributed by atoms with Crippen LogP contribution in [0.5, 0.6) is 0 Å². The Bertz CT molecular complexity index is 851. The lowest BCUT2D eigenvalue weighted by molar-refractivity contribution is -0.140. The summed E-state index contributed by atoms with van der Waals surface area (Å²) in [5.41, 5.74) is 0.981. The average molecular weight is 369 g/mol. The van der Waals surface area contributed by atoms with Gasteiger partial charge in [-0.1, -0.05) is 62.9 Å². The van der Waals surface area contributed by atoms with Crippen molar-refractivity contribution < 1.29 is 14.3 Å². The van der Waals surface area contributed by atoms with Crippen LogP contribution >= 0.6 is 0 Å². The van der Waals surface area contributed by atoms with E-state index in [1.807, 2.05) is 0 Å². The fourth-order valence-electron chi connectivity index (χ4n) is 3.22. The predicted octanol–water partition coefficient (Wildman–Crippen LogP) is 4.04. The molecule has 0 bridgehead atoms. The summed E-state index contributed by atoms with van der Waals surface area (Å²) in [4.78, 5) is 0. The molecule has 1 unspecified atom stereocenters. The third-order valence-corrected chi connectivity index (χ3v) is 5.36. The maximum atomic E-state index is 10.3. The fraction of sp³-hybridized carbons (Fsp3) is 0.455. The van der Waals surface area contributed by atoms with Crippen LogP contribution in [-0.2, 0) is 9.16 Å². The van der Waals surface area contributed by atoms with Crippen LogP contribution < -0.4 is 0 Å². The summed E-state index contributed by atoms with van der Waals surface area (Å²) < 4.78 is 11.6. The lowest BCUT2D eigenvalue weighted by atomic mass is 9.81. The number of ether oxygens (including phenoxy) is 1.